The molecule has 4 heterocycles. The molecular formula is C23H25N5O2. The van der Waals surface area contributed by atoms with Crippen molar-refractivity contribution in [2.45, 2.75) is 33.7 Å². The van der Waals surface area contributed by atoms with Gasteiger partial charge in [0.05, 0.1) is 18.9 Å². The number of pyridine rings is 2. The fourth-order valence-electron chi connectivity index (χ4n) is 3.74. The van der Waals surface area contributed by atoms with Crippen molar-refractivity contribution in [3.05, 3.63) is 65.4 Å². The molecule has 1 N–H and O–H groups in total. The largest absolute Gasteiger partial charge is 0.377 e. The molecule has 0 atom stereocenters. The first-order valence-corrected chi connectivity index (χ1v) is 10.0. The first-order chi connectivity index (χ1) is 14.5. The zero-order valence-electron chi connectivity index (χ0n) is 17.5. The number of aromatic nitrogens is 4. The Morgan fingerprint density at radius 2 is 2.03 bits per heavy atom. The summed E-state index contributed by atoms with van der Waals surface area (Å²) < 4.78 is 7.08. The Labute approximate surface area is 175 Å². The van der Waals surface area contributed by atoms with Crippen molar-refractivity contribution in [1.29, 1.82) is 0 Å². The van der Waals surface area contributed by atoms with E-state index in [0.717, 1.165) is 46.8 Å². The van der Waals surface area contributed by atoms with Gasteiger partial charge in [0.15, 0.2) is 0 Å². The number of anilines is 1. The smallest absolute Gasteiger partial charge is 0.247 e. The Morgan fingerprint density at radius 1 is 1.17 bits per heavy atom. The van der Waals surface area contributed by atoms with Crippen LogP contribution in [0.5, 0.6) is 0 Å². The van der Waals surface area contributed by atoms with Gasteiger partial charge in [0.1, 0.15) is 12.4 Å². The van der Waals surface area contributed by atoms with E-state index < -0.39 is 0 Å². The van der Waals surface area contributed by atoms with E-state index in [4.69, 9.17) is 4.74 Å². The molecule has 7 nitrogen and oxygen atoms in total. The Bertz CT molecular complexity index is 1100. The minimum Gasteiger partial charge on any atom is -0.377 e. The molecule has 0 saturated heterocycles. The molecule has 0 spiro atoms. The van der Waals surface area contributed by atoms with E-state index >= 15 is 0 Å². The molecule has 0 bridgehead atoms. The van der Waals surface area contributed by atoms with Crippen LogP contribution < -0.4 is 5.32 Å². The maximum Gasteiger partial charge on any atom is 0.247 e. The number of aryl methyl sites for hydroxylation is 2. The maximum atomic E-state index is 12.6. The molecule has 0 radical (unpaired) electrons. The summed E-state index contributed by atoms with van der Waals surface area (Å²) in [5, 5.41) is 7.43. The monoisotopic (exact) mass is 403 g/mol. The third-order valence-electron chi connectivity index (χ3n) is 5.23. The van der Waals surface area contributed by atoms with Crippen LogP contribution in [0.2, 0.25) is 0 Å². The van der Waals surface area contributed by atoms with E-state index in [9.17, 15) is 4.79 Å². The van der Waals surface area contributed by atoms with E-state index in [-0.39, 0.29) is 12.5 Å². The normalized spacial score (nSPS) is 13.8. The van der Waals surface area contributed by atoms with E-state index in [1.54, 1.807) is 17.1 Å². The van der Waals surface area contributed by atoms with Gasteiger partial charge >= 0.3 is 0 Å². The van der Waals surface area contributed by atoms with E-state index in [2.05, 4.69) is 26.5 Å². The van der Waals surface area contributed by atoms with Gasteiger partial charge in [0.2, 0.25) is 5.91 Å². The lowest BCUT2D eigenvalue weighted by atomic mass is 10.0. The quantitative estimate of drug-likeness (QED) is 0.702. The summed E-state index contributed by atoms with van der Waals surface area (Å²) in [7, 11) is 0. The number of nitrogens with zero attached hydrogens (tertiary/aromatic N) is 4. The molecule has 30 heavy (non-hydrogen) atoms. The molecule has 154 valence electrons. The number of carbonyl (C=O) groups is 1. The second-order valence-corrected chi connectivity index (χ2v) is 7.42. The van der Waals surface area contributed by atoms with Gasteiger partial charge in [-0.3, -0.25) is 14.5 Å². The van der Waals surface area contributed by atoms with Crippen LogP contribution in [-0.4, -0.2) is 38.9 Å². The van der Waals surface area contributed by atoms with Crippen molar-refractivity contribution in [2.75, 3.05) is 18.5 Å². The van der Waals surface area contributed by atoms with Crippen LogP contribution in [0.1, 0.15) is 29.1 Å². The standard InChI is InChI=1S/C23H25N5O2/c1-15-12-19(6-9-24-15)23-16(2)27-28(17(23)3)14-22(29)26-21-5-4-20(13-25-21)18-7-10-30-11-8-18/h4-7,9,12-13H,8,10-11,14H2,1-3H3,(H,25,26,29). The average molecular weight is 403 g/mol. The van der Waals surface area contributed by atoms with Crippen molar-refractivity contribution in [3.8, 4) is 11.1 Å². The SMILES string of the molecule is Cc1cc(-c2c(C)nn(CC(=O)Nc3ccc(C4=CCOCC4)cn3)c2C)ccn1. The summed E-state index contributed by atoms with van der Waals surface area (Å²) in [6.07, 6.45) is 6.54. The molecule has 0 aliphatic carbocycles. The van der Waals surface area contributed by atoms with Gasteiger partial charge in [-0.2, -0.15) is 5.10 Å². The van der Waals surface area contributed by atoms with Crippen molar-refractivity contribution < 1.29 is 9.53 Å². The summed E-state index contributed by atoms with van der Waals surface area (Å²) >= 11 is 0. The summed E-state index contributed by atoms with van der Waals surface area (Å²) in [6.45, 7) is 7.39. The van der Waals surface area contributed by atoms with Crippen LogP contribution in [0.4, 0.5) is 5.82 Å². The Morgan fingerprint density at radius 3 is 2.73 bits per heavy atom. The molecule has 4 rings (SSSR count). The molecule has 1 aliphatic rings. The summed E-state index contributed by atoms with van der Waals surface area (Å²) in [5.74, 6) is 0.367. The molecule has 7 heteroatoms. The van der Waals surface area contributed by atoms with E-state index in [1.165, 1.54) is 5.57 Å². The average Bonchev–Trinajstić information content (AvgIpc) is 3.02. The van der Waals surface area contributed by atoms with Gasteiger partial charge in [-0.05, 0) is 68.2 Å². The summed E-state index contributed by atoms with van der Waals surface area (Å²) in [6, 6.07) is 7.80. The second-order valence-electron chi connectivity index (χ2n) is 7.42. The number of ether oxygens (including phenoxy) is 1. The number of hydrogen-bond acceptors (Lipinski definition) is 5. The van der Waals surface area contributed by atoms with Gasteiger partial charge < -0.3 is 10.1 Å². The lowest BCUT2D eigenvalue weighted by molar-refractivity contribution is -0.117. The highest BCUT2D eigenvalue weighted by Gasteiger charge is 2.16. The molecule has 3 aromatic heterocycles. The molecule has 0 saturated carbocycles. The summed E-state index contributed by atoms with van der Waals surface area (Å²) in [4.78, 5) is 21.2. The molecule has 3 aromatic rings. The third-order valence-corrected chi connectivity index (χ3v) is 5.23. The lowest BCUT2D eigenvalue weighted by Crippen LogP contribution is -2.21. The van der Waals surface area contributed by atoms with Crippen LogP contribution in [-0.2, 0) is 16.1 Å². The topological polar surface area (TPSA) is 81.9 Å². The maximum absolute atomic E-state index is 12.6. The predicted octanol–water partition coefficient (Wildman–Crippen LogP) is 3.71. The van der Waals surface area contributed by atoms with Crippen LogP contribution in [0, 0.1) is 20.8 Å². The fourth-order valence-corrected chi connectivity index (χ4v) is 3.74. The first kappa shape index (κ1) is 20.0. The van der Waals surface area contributed by atoms with Crippen LogP contribution >= 0.6 is 0 Å². The van der Waals surface area contributed by atoms with Crippen LogP contribution in [0.15, 0.2) is 42.7 Å². The van der Waals surface area contributed by atoms with Gasteiger partial charge in [-0.15, -0.1) is 0 Å². The number of amides is 1. The second kappa shape index (κ2) is 8.59. The number of hydrogen-bond donors (Lipinski definition) is 1. The Hall–Kier alpha value is -3.32. The van der Waals surface area contributed by atoms with Crippen molar-refractivity contribution in [3.63, 3.8) is 0 Å². The third kappa shape index (κ3) is 4.31. The fraction of sp³-hybridized carbons (Fsp3) is 0.304. The van der Waals surface area contributed by atoms with Gasteiger partial charge in [0.25, 0.3) is 0 Å². The minimum atomic E-state index is -0.163. The highest BCUT2D eigenvalue weighted by Crippen LogP contribution is 2.27. The molecule has 1 aliphatic heterocycles. The van der Waals surface area contributed by atoms with Crippen LogP contribution in [0.3, 0.4) is 0 Å². The molecule has 0 unspecified atom stereocenters. The minimum absolute atomic E-state index is 0.128. The number of nitrogens with one attached hydrogen (secondary N) is 1. The zero-order valence-corrected chi connectivity index (χ0v) is 17.5. The Balaban J connectivity index is 1.45. The van der Waals surface area contributed by atoms with E-state index in [0.29, 0.717) is 12.4 Å². The predicted molar refractivity (Wildman–Crippen MR) is 116 cm³/mol. The first-order valence-electron chi connectivity index (χ1n) is 10.0. The summed E-state index contributed by atoms with van der Waals surface area (Å²) in [5.41, 5.74) is 7.17. The van der Waals surface area contributed by atoms with Crippen molar-refractivity contribution in [2.24, 2.45) is 0 Å². The van der Waals surface area contributed by atoms with Crippen molar-refractivity contribution in [1.82, 2.24) is 19.7 Å². The lowest BCUT2D eigenvalue weighted by Gasteiger charge is -2.13. The van der Waals surface area contributed by atoms with Gasteiger partial charge in [-0.25, -0.2) is 4.98 Å². The van der Waals surface area contributed by atoms with Crippen LogP contribution in [0.25, 0.3) is 16.7 Å². The van der Waals surface area contributed by atoms with Gasteiger partial charge in [-0.1, -0.05) is 6.08 Å². The highest BCUT2D eigenvalue weighted by molar-refractivity contribution is 5.89. The molecule has 1 amide bonds. The van der Waals surface area contributed by atoms with E-state index in [1.807, 2.05) is 45.0 Å². The highest BCUT2D eigenvalue weighted by atomic mass is 16.5. The zero-order chi connectivity index (χ0) is 21.1. The van der Waals surface area contributed by atoms with Gasteiger partial charge in [0, 0.05) is 29.3 Å². The van der Waals surface area contributed by atoms with Crippen molar-refractivity contribution >= 4 is 17.3 Å². The number of carbonyl (C=O) groups excluding carboxylic acids is 1. The molecular weight excluding hydrogens is 378 g/mol. The molecule has 0 fully saturated rings. The Kier molecular flexibility index (Phi) is 5.72. The number of rotatable bonds is 5. The molecule has 0 aromatic carbocycles.